The molecule has 2 aromatic rings. The van der Waals surface area contributed by atoms with E-state index in [1.54, 1.807) is 0 Å². The Morgan fingerprint density at radius 2 is 1.57 bits per heavy atom. The molecule has 1 N–H and O–H groups in total. The first kappa shape index (κ1) is 15.4. The number of alkyl halides is 3. The van der Waals surface area contributed by atoms with Crippen LogP contribution in [0.25, 0.3) is 0 Å². The molecular weight excluding hydrogens is 289 g/mol. The van der Waals surface area contributed by atoms with Gasteiger partial charge in [0.15, 0.2) is 0 Å². The van der Waals surface area contributed by atoms with Crippen molar-refractivity contribution in [3.63, 3.8) is 0 Å². The Labute approximate surface area is 118 Å². The van der Waals surface area contributed by atoms with Crippen LogP contribution in [-0.4, -0.2) is 7.05 Å². The number of benzene rings is 2. The molecule has 21 heavy (non-hydrogen) atoms. The molecule has 0 bridgehead atoms. The van der Waals surface area contributed by atoms with Crippen molar-refractivity contribution in [2.24, 2.45) is 0 Å². The normalized spacial score (nSPS) is 13.2. The summed E-state index contributed by atoms with van der Waals surface area (Å²) in [6.45, 7) is 0. The molecule has 0 aliphatic rings. The number of nitrogens with one attached hydrogen (secondary N) is 1. The maximum atomic E-state index is 13.9. The lowest BCUT2D eigenvalue weighted by atomic mass is 9.96. The molecule has 0 aliphatic heterocycles. The first-order valence-corrected chi connectivity index (χ1v) is 6.12. The fourth-order valence-electron chi connectivity index (χ4n) is 2.10. The Morgan fingerprint density at radius 3 is 2.10 bits per heavy atom. The summed E-state index contributed by atoms with van der Waals surface area (Å²) in [4.78, 5) is 0. The first-order chi connectivity index (χ1) is 9.82. The zero-order valence-electron chi connectivity index (χ0n) is 11.0. The third kappa shape index (κ3) is 3.39. The van der Waals surface area contributed by atoms with E-state index in [0.717, 1.165) is 12.1 Å². The molecule has 1 atom stereocenters. The molecule has 0 saturated heterocycles. The lowest BCUT2D eigenvalue weighted by Gasteiger charge is -2.19. The highest BCUT2D eigenvalue weighted by Gasteiger charge is 2.32. The van der Waals surface area contributed by atoms with E-state index < -0.39 is 29.4 Å². The number of hydrogen-bond acceptors (Lipinski definition) is 1. The second-order valence-corrected chi connectivity index (χ2v) is 4.51. The summed E-state index contributed by atoms with van der Waals surface area (Å²) >= 11 is 0. The van der Waals surface area contributed by atoms with Gasteiger partial charge >= 0.3 is 6.18 Å². The Kier molecular flexibility index (Phi) is 4.27. The highest BCUT2D eigenvalue weighted by atomic mass is 19.4. The maximum Gasteiger partial charge on any atom is 0.416 e. The largest absolute Gasteiger partial charge is 0.416 e. The molecule has 2 aromatic carbocycles. The minimum absolute atomic E-state index is 0.140. The van der Waals surface area contributed by atoms with E-state index in [2.05, 4.69) is 5.32 Å². The standard InChI is InChI=1S/C15H12F5N/c1-21-14(9-2-5-11(16)6-3-9)12-8-10(15(18,19)20)4-7-13(12)17/h2-8,14,21H,1H3. The monoisotopic (exact) mass is 301 g/mol. The van der Waals surface area contributed by atoms with Crippen LogP contribution in [0.15, 0.2) is 42.5 Å². The molecule has 1 unspecified atom stereocenters. The number of rotatable bonds is 3. The third-order valence-electron chi connectivity index (χ3n) is 3.13. The average Bonchev–Trinajstić information content (AvgIpc) is 2.42. The quantitative estimate of drug-likeness (QED) is 0.834. The van der Waals surface area contributed by atoms with Crippen LogP contribution in [-0.2, 0) is 6.18 Å². The van der Waals surface area contributed by atoms with Gasteiger partial charge in [-0.2, -0.15) is 13.2 Å². The van der Waals surface area contributed by atoms with E-state index in [0.29, 0.717) is 11.6 Å². The lowest BCUT2D eigenvalue weighted by Crippen LogP contribution is -2.20. The van der Waals surface area contributed by atoms with Crippen molar-refractivity contribution in [3.8, 4) is 0 Å². The van der Waals surface area contributed by atoms with Crippen molar-refractivity contribution < 1.29 is 22.0 Å². The molecule has 6 heteroatoms. The predicted octanol–water partition coefficient (Wildman–Crippen LogP) is 4.29. The van der Waals surface area contributed by atoms with Crippen molar-refractivity contribution in [3.05, 3.63) is 70.8 Å². The van der Waals surface area contributed by atoms with Crippen molar-refractivity contribution in [1.82, 2.24) is 5.32 Å². The summed E-state index contributed by atoms with van der Waals surface area (Å²) in [7, 11) is 1.49. The highest BCUT2D eigenvalue weighted by molar-refractivity contribution is 5.36. The van der Waals surface area contributed by atoms with E-state index >= 15 is 0 Å². The topological polar surface area (TPSA) is 12.0 Å². The molecule has 0 amide bonds. The molecular formula is C15H12F5N. The predicted molar refractivity (Wildman–Crippen MR) is 68.7 cm³/mol. The van der Waals surface area contributed by atoms with Crippen molar-refractivity contribution in [1.29, 1.82) is 0 Å². The molecule has 1 nitrogen and oxygen atoms in total. The fourth-order valence-corrected chi connectivity index (χ4v) is 2.10. The van der Waals surface area contributed by atoms with Gasteiger partial charge in [0.25, 0.3) is 0 Å². The molecule has 0 heterocycles. The van der Waals surface area contributed by atoms with Gasteiger partial charge in [0, 0.05) is 5.56 Å². The van der Waals surface area contributed by atoms with E-state index in [1.165, 1.54) is 31.3 Å². The van der Waals surface area contributed by atoms with Crippen molar-refractivity contribution in [2.45, 2.75) is 12.2 Å². The van der Waals surface area contributed by atoms with Crippen LogP contribution < -0.4 is 5.32 Å². The molecule has 0 fully saturated rings. The zero-order valence-corrected chi connectivity index (χ0v) is 11.0. The second kappa shape index (κ2) is 5.81. The van der Waals surface area contributed by atoms with Gasteiger partial charge < -0.3 is 5.32 Å². The van der Waals surface area contributed by atoms with Gasteiger partial charge in [-0.05, 0) is 42.9 Å². The van der Waals surface area contributed by atoms with Crippen molar-refractivity contribution >= 4 is 0 Å². The minimum Gasteiger partial charge on any atom is -0.309 e. The van der Waals surface area contributed by atoms with Gasteiger partial charge in [-0.1, -0.05) is 12.1 Å². The molecule has 0 aliphatic carbocycles. The summed E-state index contributed by atoms with van der Waals surface area (Å²) < 4.78 is 65.0. The molecule has 0 spiro atoms. The van der Waals surface area contributed by atoms with Crippen LogP contribution in [0.3, 0.4) is 0 Å². The Morgan fingerprint density at radius 1 is 0.952 bits per heavy atom. The molecule has 0 aromatic heterocycles. The molecule has 112 valence electrons. The zero-order chi connectivity index (χ0) is 15.6. The molecule has 2 rings (SSSR count). The summed E-state index contributed by atoms with van der Waals surface area (Å²) in [5.74, 6) is -1.23. The van der Waals surface area contributed by atoms with Crippen LogP contribution in [0.5, 0.6) is 0 Å². The highest BCUT2D eigenvalue weighted by Crippen LogP contribution is 2.33. The second-order valence-electron chi connectivity index (χ2n) is 4.51. The summed E-state index contributed by atoms with van der Waals surface area (Å²) in [6, 6.07) is 6.58. The average molecular weight is 301 g/mol. The van der Waals surface area contributed by atoms with Crippen molar-refractivity contribution in [2.75, 3.05) is 7.05 Å². The van der Waals surface area contributed by atoms with Crippen LogP contribution >= 0.6 is 0 Å². The molecule has 0 radical (unpaired) electrons. The Bertz CT molecular complexity index is 619. The third-order valence-corrected chi connectivity index (χ3v) is 3.13. The first-order valence-electron chi connectivity index (χ1n) is 6.12. The summed E-state index contributed by atoms with van der Waals surface area (Å²) in [6.07, 6.45) is -4.55. The SMILES string of the molecule is CNC(c1ccc(F)cc1)c1cc(C(F)(F)F)ccc1F. The Balaban J connectivity index is 2.49. The van der Waals surface area contributed by atoms with Crippen LogP contribution in [0.4, 0.5) is 22.0 Å². The van der Waals surface area contributed by atoms with Gasteiger partial charge in [0.05, 0.1) is 11.6 Å². The van der Waals surface area contributed by atoms with Gasteiger partial charge in [-0.25, -0.2) is 8.78 Å². The maximum absolute atomic E-state index is 13.9. The minimum atomic E-state index is -4.55. The summed E-state index contributed by atoms with van der Waals surface area (Å²) in [5.41, 5.74) is -0.600. The van der Waals surface area contributed by atoms with E-state index in [-0.39, 0.29) is 5.56 Å². The Hall–Kier alpha value is -1.95. The fraction of sp³-hybridized carbons (Fsp3) is 0.200. The van der Waals surface area contributed by atoms with E-state index in [1.807, 2.05) is 0 Å². The van der Waals surface area contributed by atoms with Gasteiger partial charge in [-0.15, -0.1) is 0 Å². The van der Waals surface area contributed by atoms with E-state index in [9.17, 15) is 22.0 Å². The van der Waals surface area contributed by atoms with Gasteiger partial charge in [-0.3, -0.25) is 0 Å². The van der Waals surface area contributed by atoms with Gasteiger partial charge in [0.1, 0.15) is 11.6 Å². The molecule has 0 saturated carbocycles. The summed E-state index contributed by atoms with van der Waals surface area (Å²) in [5, 5.41) is 2.74. The van der Waals surface area contributed by atoms with E-state index in [4.69, 9.17) is 0 Å². The number of halogens is 5. The number of hydrogen-bond donors (Lipinski definition) is 1. The lowest BCUT2D eigenvalue weighted by molar-refractivity contribution is -0.137. The smallest absolute Gasteiger partial charge is 0.309 e. The van der Waals surface area contributed by atoms with Crippen LogP contribution in [0.1, 0.15) is 22.7 Å². The van der Waals surface area contributed by atoms with Gasteiger partial charge in [0.2, 0.25) is 0 Å². The van der Waals surface area contributed by atoms with Crippen LogP contribution in [0.2, 0.25) is 0 Å². The van der Waals surface area contributed by atoms with Crippen LogP contribution in [0, 0.1) is 11.6 Å².